The fourth-order valence-corrected chi connectivity index (χ4v) is 3.85. The van der Waals surface area contributed by atoms with Crippen LogP contribution in [0.1, 0.15) is 62.5 Å². The van der Waals surface area contributed by atoms with Crippen LogP contribution in [0.25, 0.3) is 11.2 Å². The Morgan fingerprint density at radius 2 is 1.94 bits per heavy atom. The molecule has 3 rings (SSSR count). The summed E-state index contributed by atoms with van der Waals surface area (Å²) in [5.74, 6) is 0.762. The third-order valence-electron chi connectivity index (χ3n) is 5.66. The average Bonchev–Trinajstić information content (AvgIpc) is 3.24. The number of nitrogens with one attached hydrogen (secondary N) is 2. The molecule has 0 radical (unpaired) electrons. The lowest BCUT2D eigenvalue weighted by Crippen LogP contribution is -2.28. The molecule has 33 heavy (non-hydrogen) atoms. The number of Topliss-reactive ketones (excluding diaryl/α,β-unsaturated/α-hetero) is 1. The van der Waals surface area contributed by atoms with Crippen LogP contribution in [0.4, 0.5) is 10.6 Å². The first-order chi connectivity index (χ1) is 15.9. The highest BCUT2D eigenvalue weighted by Gasteiger charge is 2.19. The molecule has 2 N–H and O–H groups in total. The summed E-state index contributed by atoms with van der Waals surface area (Å²) in [5.41, 5.74) is 2.86. The number of carbonyl (C=O) groups excluding carboxylic acids is 2. The third kappa shape index (κ3) is 6.13. The van der Waals surface area contributed by atoms with Crippen molar-refractivity contribution in [3.05, 3.63) is 48.0 Å². The fraction of sp³-hybridized carbons (Fsp3) is 0.458. The van der Waals surface area contributed by atoms with E-state index in [1.54, 1.807) is 13.3 Å². The molecule has 2 amide bonds. The largest absolute Gasteiger partial charge is 0.376 e. The summed E-state index contributed by atoms with van der Waals surface area (Å²) in [6.45, 7) is 9.22. The summed E-state index contributed by atoms with van der Waals surface area (Å²) in [6, 6.07) is 7.36. The second kappa shape index (κ2) is 11.5. The van der Waals surface area contributed by atoms with Crippen molar-refractivity contribution in [2.24, 2.45) is 5.92 Å². The zero-order chi connectivity index (χ0) is 23.8. The number of hydrogen-bond donors (Lipinski definition) is 2. The Bertz CT molecular complexity index is 1100. The smallest absolute Gasteiger partial charge is 0.320 e. The molecule has 2 atom stereocenters. The van der Waals surface area contributed by atoms with E-state index in [2.05, 4.69) is 39.4 Å². The van der Waals surface area contributed by atoms with Gasteiger partial charge in [0.25, 0.3) is 0 Å². The number of nitrogens with zero attached hydrogens (tertiary/aromatic N) is 4. The number of ether oxygens (including phenoxy) is 1. The molecule has 9 nitrogen and oxygen atoms in total. The number of anilines is 1. The number of hydrogen-bond acceptors (Lipinski definition) is 6. The first-order valence-corrected chi connectivity index (χ1v) is 11.3. The predicted octanol–water partition coefficient (Wildman–Crippen LogP) is 4.36. The highest BCUT2D eigenvalue weighted by Crippen LogP contribution is 2.26. The molecule has 3 aromatic rings. The van der Waals surface area contributed by atoms with E-state index in [0.29, 0.717) is 48.2 Å². The van der Waals surface area contributed by atoms with Crippen LogP contribution in [-0.4, -0.2) is 44.5 Å². The van der Waals surface area contributed by atoms with Crippen LogP contribution in [0.15, 0.2) is 36.9 Å². The van der Waals surface area contributed by atoms with Gasteiger partial charge in [-0.25, -0.2) is 19.7 Å². The van der Waals surface area contributed by atoms with Gasteiger partial charge < -0.3 is 14.6 Å². The monoisotopic (exact) mass is 452 g/mol. The number of rotatable bonds is 11. The van der Waals surface area contributed by atoms with Crippen molar-refractivity contribution in [3.8, 4) is 0 Å². The lowest BCUT2D eigenvalue weighted by molar-refractivity contribution is 0.0771. The molecule has 2 unspecified atom stereocenters. The number of ketones is 1. The normalized spacial score (nSPS) is 13.0. The predicted molar refractivity (Wildman–Crippen MR) is 127 cm³/mol. The molecule has 176 valence electrons. The summed E-state index contributed by atoms with van der Waals surface area (Å²) in [5, 5.41) is 5.41. The molecule has 0 bridgehead atoms. The molecule has 0 aliphatic heterocycles. The Kier molecular flexibility index (Phi) is 8.48. The summed E-state index contributed by atoms with van der Waals surface area (Å²) in [7, 11) is 0. The Labute approximate surface area is 194 Å². The van der Waals surface area contributed by atoms with E-state index in [9.17, 15) is 9.59 Å². The summed E-state index contributed by atoms with van der Waals surface area (Å²) in [4.78, 5) is 36.7. The van der Waals surface area contributed by atoms with Crippen LogP contribution >= 0.6 is 0 Å². The van der Waals surface area contributed by atoms with Crippen LogP contribution in [0.5, 0.6) is 0 Å². The van der Waals surface area contributed by atoms with Gasteiger partial charge in [-0.3, -0.25) is 10.1 Å². The average molecular weight is 453 g/mol. The summed E-state index contributed by atoms with van der Waals surface area (Å²) < 4.78 is 8.01. The standard InChI is InChI=1S/C24H32N6O3/c1-5-18(12-33-13-19-9-7-8-10-20(19)17(4)31)11-16(3)30-15-28-21-22(26-14-27-23(21)30)29-24(32)25-6-2/h7-10,14-16,18H,5-6,11-13H2,1-4H3,(H2,25,26,27,29,32). The van der Waals surface area contributed by atoms with Crippen molar-refractivity contribution >= 4 is 28.8 Å². The van der Waals surface area contributed by atoms with Gasteiger partial charge in [-0.05, 0) is 38.7 Å². The minimum Gasteiger partial charge on any atom is -0.376 e. The maximum Gasteiger partial charge on any atom is 0.320 e. The number of benzene rings is 1. The second-order valence-corrected chi connectivity index (χ2v) is 8.12. The fourth-order valence-electron chi connectivity index (χ4n) is 3.85. The van der Waals surface area contributed by atoms with Gasteiger partial charge in [0.1, 0.15) is 6.33 Å². The highest BCUT2D eigenvalue weighted by atomic mass is 16.5. The SMILES string of the molecule is CCNC(=O)Nc1ncnc2c1ncn2C(C)CC(CC)COCc1ccccc1C(C)=O. The number of amides is 2. The van der Waals surface area contributed by atoms with E-state index in [4.69, 9.17) is 4.74 Å². The molecule has 9 heteroatoms. The van der Waals surface area contributed by atoms with Crippen molar-refractivity contribution in [1.82, 2.24) is 24.8 Å². The molecule has 0 saturated heterocycles. The van der Waals surface area contributed by atoms with Crippen molar-refractivity contribution in [3.63, 3.8) is 0 Å². The first kappa shape index (κ1) is 24.3. The lowest BCUT2D eigenvalue weighted by atomic mass is 9.98. The number of carbonyl (C=O) groups is 2. The molecule has 2 heterocycles. The van der Waals surface area contributed by atoms with E-state index >= 15 is 0 Å². The van der Waals surface area contributed by atoms with Crippen molar-refractivity contribution in [1.29, 1.82) is 0 Å². The molecule has 0 spiro atoms. The van der Waals surface area contributed by atoms with Crippen molar-refractivity contribution in [2.75, 3.05) is 18.5 Å². The first-order valence-electron chi connectivity index (χ1n) is 11.3. The molecule has 2 aromatic heterocycles. The van der Waals surface area contributed by atoms with Crippen molar-refractivity contribution in [2.45, 2.75) is 53.2 Å². The maximum atomic E-state index is 11.9. The second-order valence-electron chi connectivity index (χ2n) is 8.12. The van der Waals surface area contributed by atoms with E-state index in [0.717, 1.165) is 18.4 Å². The molecule has 1 aromatic carbocycles. The van der Waals surface area contributed by atoms with E-state index in [1.807, 2.05) is 35.8 Å². The Hall–Kier alpha value is -3.33. The zero-order valence-corrected chi connectivity index (χ0v) is 19.7. The van der Waals surface area contributed by atoms with Crippen LogP contribution in [-0.2, 0) is 11.3 Å². The van der Waals surface area contributed by atoms with Crippen LogP contribution in [0, 0.1) is 5.92 Å². The number of fused-ring (bicyclic) bond motifs is 1. The van der Waals surface area contributed by atoms with Gasteiger partial charge in [-0.2, -0.15) is 0 Å². The van der Waals surface area contributed by atoms with Crippen LogP contribution in [0.3, 0.4) is 0 Å². The van der Waals surface area contributed by atoms with E-state index < -0.39 is 0 Å². The number of aromatic nitrogens is 4. The van der Waals surface area contributed by atoms with Crippen LogP contribution in [0.2, 0.25) is 0 Å². The quantitative estimate of drug-likeness (QED) is 0.418. The highest BCUT2D eigenvalue weighted by molar-refractivity contribution is 5.96. The molecule has 0 saturated carbocycles. The number of imidazole rings is 1. The van der Waals surface area contributed by atoms with Crippen molar-refractivity contribution < 1.29 is 14.3 Å². The Morgan fingerprint density at radius 3 is 2.67 bits per heavy atom. The molecular formula is C24H32N6O3. The molecule has 0 aliphatic carbocycles. The van der Waals surface area contributed by atoms with Gasteiger partial charge in [0.05, 0.1) is 12.9 Å². The van der Waals surface area contributed by atoms with Crippen LogP contribution < -0.4 is 10.6 Å². The summed E-state index contributed by atoms with van der Waals surface area (Å²) >= 11 is 0. The maximum absolute atomic E-state index is 11.9. The Morgan fingerprint density at radius 1 is 1.15 bits per heavy atom. The lowest BCUT2D eigenvalue weighted by Gasteiger charge is -2.21. The number of urea groups is 1. The van der Waals surface area contributed by atoms with Gasteiger partial charge >= 0.3 is 6.03 Å². The molecular weight excluding hydrogens is 420 g/mol. The van der Waals surface area contributed by atoms with E-state index in [1.165, 1.54) is 6.33 Å². The topological polar surface area (TPSA) is 111 Å². The minimum absolute atomic E-state index is 0.0462. The van der Waals surface area contributed by atoms with Gasteiger partial charge in [0.15, 0.2) is 22.8 Å². The Balaban J connectivity index is 1.64. The summed E-state index contributed by atoms with van der Waals surface area (Å²) in [6.07, 6.45) is 5.01. The zero-order valence-electron chi connectivity index (χ0n) is 19.7. The van der Waals surface area contributed by atoms with Gasteiger partial charge in [-0.15, -0.1) is 0 Å². The third-order valence-corrected chi connectivity index (χ3v) is 5.66. The van der Waals surface area contributed by atoms with E-state index in [-0.39, 0.29) is 17.9 Å². The molecule has 0 aliphatic rings. The molecule has 0 fully saturated rings. The van der Waals surface area contributed by atoms with Gasteiger partial charge in [0.2, 0.25) is 0 Å². The minimum atomic E-state index is -0.324. The van der Waals surface area contributed by atoms with Gasteiger partial charge in [-0.1, -0.05) is 37.6 Å². The van der Waals surface area contributed by atoms with Gasteiger partial charge in [0, 0.05) is 24.8 Å².